The molecule has 1 N–H and O–H groups in total. The van der Waals surface area contributed by atoms with Gasteiger partial charge in [-0.25, -0.2) is 14.8 Å². The molecule has 118 valence electrons. The highest BCUT2D eigenvalue weighted by Crippen LogP contribution is 2.36. The molecule has 0 aromatic carbocycles. The molecule has 1 aliphatic heterocycles. The first-order chi connectivity index (χ1) is 10.5. The number of aliphatic hydroxyl groups excluding tert-OH is 1. The van der Waals surface area contributed by atoms with E-state index in [1.54, 1.807) is 6.92 Å². The normalized spacial score (nSPS) is 18.2. The molecule has 3 rings (SSSR count). The van der Waals surface area contributed by atoms with E-state index in [1.165, 1.54) is 11.3 Å². The number of carbonyl (C=O) groups is 1. The second-order valence-electron chi connectivity index (χ2n) is 5.44. The van der Waals surface area contributed by atoms with Gasteiger partial charge in [0.1, 0.15) is 21.3 Å². The molecule has 0 unspecified atom stereocenters. The van der Waals surface area contributed by atoms with Gasteiger partial charge < -0.3 is 14.7 Å². The number of fused-ring (bicyclic) bond motifs is 1. The van der Waals surface area contributed by atoms with E-state index in [1.807, 2.05) is 13.8 Å². The van der Waals surface area contributed by atoms with E-state index >= 15 is 0 Å². The summed E-state index contributed by atoms with van der Waals surface area (Å²) in [7, 11) is 0. The number of aliphatic hydroxyl groups is 1. The Morgan fingerprint density at radius 2 is 2.23 bits per heavy atom. The predicted molar refractivity (Wildman–Crippen MR) is 85.7 cm³/mol. The van der Waals surface area contributed by atoms with Crippen molar-refractivity contribution in [1.82, 2.24) is 9.97 Å². The van der Waals surface area contributed by atoms with E-state index in [0.29, 0.717) is 23.9 Å². The first-order valence-corrected chi connectivity index (χ1v) is 8.20. The van der Waals surface area contributed by atoms with Gasteiger partial charge in [-0.15, -0.1) is 11.3 Å². The number of β-amino-alcohol motifs (C(OH)–C–C–N with tert-alkyl or cyclic N) is 1. The Hall–Kier alpha value is -1.73. The summed E-state index contributed by atoms with van der Waals surface area (Å²) in [4.78, 5) is 24.6. The highest BCUT2D eigenvalue weighted by atomic mass is 32.1. The third-order valence-electron chi connectivity index (χ3n) is 3.81. The molecule has 0 aliphatic carbocycles. The number of nitrogens with zero attached hydrogens (tertiary/aromatic N) is 3. The van der Waals surface area contributed by atoms with E-state index in [0.717, 1.165) is 34.6 Å². The summed E-state index contributed by atoms with van der Waals surface area (Å²) < 4.78 is 5.12. The summed E-state index contributed by atoms with van der Waals surface area (Å²) in [6.07, 6.45) is 0.409. The Kier molecular flexibility index (Phi) is 4.01. The van der Waals surface area contributed by atoms with Crippen LogP contribution in [0.5, 0.6) is 0 Å². The monoisotopic (exact) mass is 321 g/mol. The summed E-state index contributed by atoms with van der Waals surface area (Å²) in [6, 6.07) is 0. The zero-order valence-corrected chi connectivity index (χ0v) is 13.7. The quantitative estimate of drug-likeness (QED) is 0.872. The van der Waals surface area contributed by atoms with Gasteiger partial charge in [0, 0.05) is 13.1 Å². The highest BCUT2D eigenvalue weighted by Gasteiger charge is 2.27. The molecule has 0 saturated carbocycles. The van der Waals surface area contributed by atoms with Gasteiger partial charge in [0.25, 0.3) is 0 Å². The maximum atomic E-state index is 12.1. The first-order valence-electron chi connectivity index (χ1n) is 7.39. The van der Waals surface area contributed by atoms with Crippen molar-refractivity contribution in [2.45, 2.75) is 33.3 Å². The van der Waals surface area contributed by atoms with Crippen LogP contribution in [0.25, 0.3) is 10.2 Å². The fourth-order valence-corrected chi connectivity index (χ4v) is 3.89. The lowest BCUT2D eigenvalue weighted by Crippen LogP contribution is -2.23. The average Bonchev–Trinajstić information content (AvgIpc) is 3.03. The maximum Gasteiger partial charge on any atom is 0.348 e. The van der Waals surface area contributed by atoms with E-state index in [-0.39, 0.29) is 12.1 Å². The molecule has 7 heteroatoms. The largest absolute Gasteiger partial charge is 0.462 e. The topological polar surface area (TPSA) is 75.5 Å². The second kappa shape index (κ2) is 5.81. The predicted octanol–water partition coefficient (Wildman–Crippen LogP) is 2.06. The fourth-order valence-electron chi connectivity index (χ4n) is 2.78. The van der Waals surface area contributed by atoms with Crippen LogP contribution in [0.1, 0.15) is 34.4 Å². The number of carbonyl (C=O) groups excluding carboxylic acids is 1. The van der Waals surface area contributed by atoms with Crippen molar-refractivity contribution in [3.05, 3.63) is 16.3 Å². The highest BCUT2D eigenvalue weighted by molar-refractivity contribution is 7.20. The van der Waals surface area contributed by atoms with Crippen molar-refractivity contribution in [2.75, 3.05) is 24.6 Å². The number of ether oxygens (including phenoxy) is 1. The van der Waals surface area contributed by atoms with Crippen molar-refractivity contribution in [3.8, 4) is 0 Å². The van der Waals surface area contributed by atoms with Crippen molar-refractivity contribution in [2.24, 2.45) is 0 Å². The van der Waals surface area contributed by atoms with Crippen molar-refractivity contribution in [3.63, 3.8) is 0 Å². The first kappa shape index (κ1) is 15.2. The van der Waals surface area contributed by atoms with Crippen molar-refractivity contribution >= 4 is 33.3 Å². The molecule has 1 fully saturated rings. The van der Waals surface area contributed by atoms with E-state index < -0.39 is 0 Å². The molecule has 6 nitrogen and oxygen atoms in total. The Morgan fingerprint density at radius 1 is 1.45 bits per heavy atom. The summed E-state index contributed by atoms with van der Waals surface area (Å²) >= 11 is 1.35. The molecular weight excluding hydrogens is 302 g/mol. The summed E-state index contributed by atoms with van der Waals surface area (Å²) in [5.41, 5.74) is 0.856. The Bertz CT molecular complexity index is 728. The smallest absolute Gasteiger partial charge is 0.348 e. The molecule has 1 saturated heterocycles. The van der Waals surface area contributed by atoms with Gasteiger partial charge >= 0.3 is 5.97 Å². The van der Waals surface area contributed by atoms with Crippen LogP contribution in [0.4, 0.5) is 5.82 Å². The van der Waals surface area contributed by atoms with Gasteiger partial charge in [-0.2, -0.15) is 0 Å². The summed E-state index contributed by atoms with van der Waals surface area (Å²) in [5.74, 6) is 1.16. The van der Waals surface area contributed by atoms with Crippen LogP contribution < -0.4 is 4.90 Å². The number of hydrogen-bond acceptors (Lipinski definition) is 7. The molecule has 22 heavy (non-hydrogen) atoms. The van der Waals surface area contributed by atoms with E-state index in [4.69, 9.17) is 4.74 Å². The number of hydrogen-bond donors (Lipinski definition) is 1. The van der Waals surface area contributed by atoms with E-state index in [9.17, 15) is 9.90 Å². The number of thiophene rings is 1. The zero-order chi connectivity index (χ0) is 15.9. The second-order valence-corrected chi connectivity index (χ2v) is 6.44. The number of aryl methyl sites for hydroxylation is 2. The lowest BCUT2D eigenvalue weighted by Gasteiger charge is -2.18. The molecule has 0 radical (unpaired) electrons. The van der Waals surface area contributed by atoms with Crippen molar-refractivity contribution in [1.29, 1.82) is 0 Å². The van der Waals surface area contributed by atoms with Gasteiger partial charge in [0.05, 0.1) is 18.1 Å². The number of aromatic nitrogens is 2. The lowest BCUT2D eigenvalue weighted by molar-refractivity contribution is 0.0531. The zero-order valence-electron chi connectivity index (χ0n) is 12.9. The molecule has 2 aromatic heterocycles. The van der Waals surface area contributed by atoms with Gasteiger partial charge in [-0.1, -0.05) is 0 Å². The number of esters is 1. The maximum absolute atomic E-state index is 12.1. The molecule has 2 aromatic rings. The Balaban J connectivity index is 2.14. The van der Waals surface area contributed by atoms with Gasteiger partial charge in [0.15, 0.2) is 0 Å². The Morgan fingerprint density at radius 3 is 2.86 bits per heavy atom. The van der Waals surface area contributed by atoms with Crippen LogP contribution in [0, 0.1) is 13.8 Å². The fraction of sp³-hybridized carbons (Fsp3) is 0.533. The van der Waals surface area contributed by atoms with Crippen LogP contribution in [0.2, 0.25) is 0 Å². The van der Waals surface area contributed by atoms with Crippen LogP contribution in [0.15, 0.2) is 0 Å². The van der Waals surface area contributed by atoms with Crippen LogP contribution >= 0.6 is 11.3 Å². The molecule has 0 amide bonds. The molecule has 1 aliphatic rings. The molecule has 0 spiro atoms. The molecule has 3 heterocycles. The standard InChI is InChI=1S/C15H19N3O3S/c1-4-21-15(20)12-8(2)11-13(18-6-5-10(19)7-18)16-9(3)17-14(11)22-12/h10,19H,4-7H2,1-3H3/t10-/m0/s1. The molecular formula is C15H19N3O3S. The van der Waals surface area contributed by atoms with Gasteiger partial charge in [0.2, 0.25) is 0 Å². The minimum atomic E-state index is -0.325. The summed E-state index contributed by atoms with van der Waals surface area (Å²) in [5, 5.41) is 10.7. The number of rotatable bonds is 3. The molecule has 0 bridgehead atoms. The SMILES string of the molecule is CCOC(=O)c1sc2nc(C)nc(N3CC[C@H](O)C3)c2c1C. The summed E-state index contributed by atoms with van der Waals surface area (Å²) in [6.45, 7) is 7.21. The molecule has 1 atom stereocenters. The third kappa shape index (κ3) is 2.55. The van der Waals surface area contributed by atoms with Gasteiger partial charge in [-0.3, -0.25) is 0 Å². The Labute approximate surface area is 132 Å². The lowest BCUT2D eigenvalue weighted by atomic mass is 10.2. The minimum absolute atomic E-state index is 0.312. The van der Waals surface area contributed by atoms with Crippen LogP contribution in [0.3, 0.4) is 0 Å². The number of anilines is 1. The van der Waals surface area contributed by atoms with Crippen LogP contribution in [-0.2, 0) is 4.74 Å². The van der Waals surface area contributed by atoms with E-state index in [2.05, 4.69) is 14.9 Å². The minimum Gasteiger partial charge on any atom is -0.462 e. The van der Waals surface area contributed by atoms with Gasteiger partial charge in [-0.05, 0) is 32.8 Å². The average molecular weight is 321 g/mol. The van der Waals surface area contributed by atoms with Crippen molar-refractivity contribution < 1.29 is 14.6 Å². The third-order valence-corrected chi connectivity index (χ3v) is 4.97. The van der Waals surface area contributed by atoms with Crippen LogP contribution in [-0.4, -0.2) is 46.8 Å².